The maximum Gasteiger partial charge on any atom is 0.327 e. The van der Waals surface area contributed by atoms with Gasteiger partial charge in [0.25, 0.3) is 11.5 Å². The van der Waals surface area contributed by atoms with Crippen molar-refractivity contribution in [2.45, 2.75) is 51.0 Å². The van der Waals surface area contributed by atoms with Crippen LogP contribution in [0.4, 0.5) is 34.6 Å². The van der Waals surface area contributed by atoms with Gasteiger partial charge in [0.1, 0.15) is 11.7 Å². The van der Waals surface area contributed by atoms with Crippen molar-refractivity contribution in [2.24, 2.45) is 5.41 Å². The Labute approximate surface area is 222 Å². The van der Waals surface area contributed by atoms with E-state index in [2.05, 4.69) is 10.0 Å². The molecule has 2 aromatic rings. The molecule has 214 valence electrons. The maximum absolute atomic E-state index is 13.9. The summed E-state index contributed by atoms with van der Waals surface area (Å²) in [5.74, 6) is -5.75. The summed E-state index contributed by atoms with van der Waals surface area (Å²) in [6, 6.07) is 4.41. The van der Waals surface area contributed by atoms with Crippen LogP contribution in [0.2, 0.25) is 0 Å². The summed E-state index contributed by atoms with van der Waals surface area (Å²) < 4.78 is 80.7. The predicted molar refractivity (Wildman–Crippen MR) is 138 cm³/mol. The lowest BCUT2D eigenvalue weighted by atomic mass is 9.93. The van der Waals surface area contributed by atoms with Gasteiger partial charge in [-0.3, -0.25) is 14.3 Å². The number of rotatable bonds is 10. The van der Waals surface area contributed by atoms with Crippen LogP contribution in [0.25, 0.3) is 0 Å². The molecule has 0 bridgehead atoms. The number of nitrogens with one attached hydrogen (secondary N) is 2. The first kappa shape index (κ1) is 28.9. The average Bonchev–Trinajstić information content (AvgIpc) is 3.63. The fraction of sp³-hybridized carbons (Fsp3) is 0.520. The topological polar surface area (TPSA) is 121 Å². The molecule has 1 aliphatic heterocycles. The van der Waals surface area contributed by atoms with Crippen molar-refractivity contribution in [2.75, 3.05) is 40.4 Å². The van der Waals surface area contributed by atoms with Crippen LogP contribution in [0, 0.1) is 5.41 Å². The Balaban J connectivity index is 1.64. The van der Waals surface area contributed by atoms with Crippen LogP contribution in [-0.2, 0) is 10.0 Å². The highest BCUT2D eigenvalue weighted by Crippen LogP contribution is 2.54. The number of aliphatic hydroxyl groups excluding tert-OH is 1. The lowest BCUT2D eigenvalue weighted by molar-refractivity contribution is -0.156. The first-order valence-electron chi connectivity index (χ1n) is 12.5. The predicted octanol–water partition coefficient (Wildman–Crippen LogP) is 3.68. The largest absolute Gasteiger partial charge is 0.395 e. The lowest BCUT2D eigenvalue weighted by Crippen LogP contribution is -2.40. The smallest absolute Gasteiger partial charge is 0.327 e. The van der Waals surface area contributed by atoms with Crippen LogP contribution in [0.1, 0.15) is 49.0 Å². The number of anilines is 3. The molecule has 2 aliphatic rings. The summed E-state index contributed by atoms with van der Waals surface area (Å²) in [4.78, 5) is 28.1. The third-order valence-corrected chi connectivity index (χ3v) is 8.75. The Morgan fingerprint density at radius 2 is 1.82 bits per heavy atom. The first-order chi connectivity index (χ1) is 18.3. The summed E-state index contributed by atoms with van der Waals surface area (Å²) in [6.07, 6.45) is 1.02. The standard InChI is InChI=1S/C25H30F4N4O5S/c1-16(25(28,29)23(26)27)33-10-2-3-19(22(33)36)30-21(35)18-5-4-17(31-39(37,38)14-13-34)15-20(18)32-11-8-24(6-7-24)9-12-32/h2-5,10,15-16,23,31,34H,6-9,11-14H2,1H3,(H,30,35)/t16-/m1/s1. The fourth-order valence-electron chi connectivity index (χ4n) is 4.77. The molecule has 3 N–H and O–H groups in total. The molecule has 4 rings (SSSR count). The number of benzene rings is 1. The third-order valence-electron chi connectivity index (χ3n) is 7.49. The molecule has 1 spiro atoms. The van der Waals surface area contributed by atoms with Gasteiger partial charge in [-0.2, -0.15) is 8.78 Å². The Bertz CT molecular complexity index is 1390. The normalized spacial score (nSPS) is 17.8. The molecule has 1 amide bonds. The number of carbonyl (C=O) groups is 1. The number of carbonyl (C=O) groups excluding carboxylic acids is 1. The molecule has 9 nitrogen and oxygen atoms in total. The van der Waals surface area contributed by atoms with Gasteiger partial charge in [0.05, 0.1) is 29.3 Å². The molecule has 2 fully saturated rings. The first-order valence-corrected chi connectivity index (χ1v) is 14.1. The van der Waals surface area contributed by atoms with Gasteiger partial charge < -0.3 is 19.9 Å². The summed E-state index contributed by atoms with van der Waals surface area (Å²) in [6.45, 7) is 1.45. The summed E-state index contributed by atoms with van der Waals surface area (Å²) >= 11 is 0. The van der Waals surface area contributed by atoms with Crippen LogP contribution < -0.4 is 20.5 Å². The number of sulfonamides is 1. The van der Waals surface area contributed by atoms with Crippen molar-refractivity contribution in [3.63, 3.8) is 0 Å². The highest BCUT2D eigenvalue weighted by molar-refractivity contribution is 7.92. The molecule has 0 radical (unpaired) electrons. The highest BCUT2D eigenvalue weighted by Gasteiger charge is 2.48. The zero-order valence-electron chi connectivity index (χ0n) is 21.2. The SMILES string of the molecule is C[C@@H](n1cccc(NC(=O)c2ccc(NS(=O)(=O)CCO)cc2N2CCC3(CC2)CC3)c1=O)C(F)(F)C(F)F. The van der Waals surface area contributed by atoms with Gasteiger partial charge in [-0.15, -0.1) is 0 Å². The number of hydrogen-bond acceptors (Lipinski definition) is 6. The van der Waals surface area contributed by atoms with E-state index in [9.17, 15) is 35.6 Å². The zero-order chi connectivity index (χ0) is 28.6. The van der Waals surface area contributed by atoms with Crippen LogP contribution >= 0.6 is 0 Å². The average molecular weight is 575 g/mol. The van der Waals surface area contributed by atoms with E-state index < -0.39 is 52.2 Å². The second kappa shape index (κ2) is 10.8. The van der Waals surface area contributed by atoms with Crippen LogP contribution in [0.5, 0.6) is 0 Å². The molecule has 1 aliphatic carbocycles. The van der Waals surface area contributed by atoms with Crippen molar-refractivity contribution >= 4 is 33.0 Å². The van der Waals surface area contributed by atoms with E-state index in [-0.39, 0.29) is 16.9 Å². The van der Waals surface area contributed by atoms with Crippen LogP contribution in [0.15, 0.2) is 41.3 Å². The Morgan fingerprint density at radius 3 is 2.41 bits per heavy atom. The molecule has 2 heterocycles. The summed E-state index contributed by atoms with van der Waals surface area (Å²) in [5.41, 5.74) is -0.470. The van der Waals surface area contributed by atoms with Gasteiger partial charge in [0.2, 0.25) is 10.0 Å². The molecular weight excluding hydrogens is 544 g/mol. The molecule has 1 aromatic heterocycles. The van der Waals surface area contributed by atoms with Crippen LogP contribution in [-0.4, -0.2) is 61.8 Å². The molecule has 1 saturated carbocycles. The van der Waals surface area contributed by atoms with E-state index in [0.717, 1.165) is 38.8 Å². The molecule has 1 atom stereocenters. The van der Waals surface area contributed by atoms with Crippen molar-refractivity contribution in [1.82, 2.24) is 4.57 Å². The van der Waals surface area contributed by atoms with Gasteiger partial charge in [-0.1, -0.05) is 0 Å². The van der Waals surface area contributed by atoms with E-state index in [4.69, 9.17) is 5.11 Å². The minimum absolute atomic E-state index is 0.104. The fourth-order valence-corrected chi connectivity index (χ4v) is 5.59. The minimum Gasteiger partial charge on any atom is -0.395 e. The Hall–Kier alpha value is -3.13. The van der Waals surface area contributed by atoms with E-state index in [1.165, 1.54) is 30.3 Å². The van der Waals surface area contributed by atoms with Gasteiger partial charge >= 0.3 is 12.3 Å². The summed E-state index contributed by atoms with van der Waals surface area (Å²) in [7, 11) is -3.84. The van der Waals surface area contributed by atoms with Crippen LogP contribution in [0.3, 0.4) is 0 Å². The van der Waals surface area contributed by atoms with Gasteiger partial charge in [0.15, 0.2) is 0 Å². The number of aromatic nitrogens is 1. The zero-order valence-corrected chi connectivity index (χ0v) is 22.0. The number of piperidine rings is 1. The molecule has 1 saturated heterocycles. The van der Waals surface area contributed by atoms with Crippen molar-refractivity contribution in [3.8, 4) is 0 Å². The van der Waals surface area contributed by atoms with Gasteiger partial charge in [-0.05, 0) is 68.4 Å². The molecule has 14 heteroatoms. The Kier molecular flexibility index (Phi) is 7.99. The van der Waals surface area contributed by atoms with Crippen molar-refractivity contribution in [3.05, 3.63) is 52.4 Å². The second-order valence-corrected chi connectivity index (χ2v) is 11.9. The number of aliphatic hydroxyl groups is 1. The number of amides is 1. The van der Waals surface area contributed by atoms with Crippen molar-refractivity contribution < 1.29 is 35.9 Å². The quantitative estimate of drug-likeness (QED) is 0.373. The van der Waals surface area contributed by atoms with E-state index >= 15 is 0 Å². The van der Waals surface area contributed by atoms with Gasteiger partial charge in [0, 0.05) is 19.3 Å². The molecule has 39 heavy (non-hydrogen) atoms. The van der Waals surface area contributed by atoms with E-state index in [1.807, 2.05) is 4.90 Å². The Morgan fingerprint density at radius 1 is 1.15 bits per heavy atom. The van der Waals surface area contributed by atoms with E-state index in [1.54, 1.807) is 0 Å². The number of nitrogens with zero attached hydrogens (tertiary/aromatic N) is 2. The number of halogens is 4. The molecular formula is C25H30F4N4O5S. The molecule has 0 unspecified atom stereocenters. The monoisotopic (exact) mass is 574 g/mol. The highest BCUT2D eigenvalue weighted by atomic mass is 32.2. The van der Waals surface area contributed by atoms with Gasteiger partial charge in [-0.25, -0.2) is 17.2 Å². The number of hydrogen-bond donors (Lipinski definition) is 3. The number of pyridine rings is 1. The van der Waals surface area contributed by atoms with Crippen molar-refractivity contribution in [1.29, 1.82) is 0 Å². The molecule has 1 aromatic carbocycles. The lowest BCUT2D eigenvalue weighted by Gasteiger charge is -2.35. The second-order valence-electron chi connectivity index (χ2n) is 10.1. The maximum atomic E-state index is 13.9. The third kappa shape index (κ3) is 6.21. The van der Waals surface area contributed by atoms with E-state index in [0.29, 0.717) is 28.8 Å². The summed E-state index contributed by atoms with van der Waals surface area (Å²) in [5, 5.41) is 11.4. The minimum atomic E-state index is -4.48. The number of alkyl halides is 4.